The number of hydrogen-bond acceptors (Lipinski definition) is 2. The Morgan fingerprint density at radius 2 is 1.63 bits per heavy atom. The maximum Gasteiger partial charge on any atom is 0.352 e. The number of nitrogens with zero attached hydrogens (tertiary/aromatic N) is 1. The first-order chi connectivity index (χ1) is 8.99. The highest BCUT2D eigenvalue weighted by atomic mass is 16.4. The minimum absolute atomic E-state index is 0.214. The molecular formula is C14H13NO4. The average molecular weight is 259 g/mol. The fourth-order valence-electron chi connectivity index (χ4n) is 1.90. The number of carbonyl (C=O) groups is 2. The second kappa shape index (κ2) is 4.97. The molecule has 1 heterocycles. The molecule has 19 heavy (non-hydrogen) atoms. The third-order valence-electron chi connectivity index (χ3n) is 2.96. The zero-order chi connectivity index (χ0) is 14.0. The van der Waals surface area contributed by atoms with E-state index in [1.165, 1.54) is 12.1 Å². The van der Waals surface area contributed by atoms with Crippen LogP contribution >= 0.6 is 0 Å². The number of aromatic carboxylic acids is 2. The first kappa shape index (κ1) is 12.9. The lowest BCUT2D eigenvalue weighted by Gasteiger charge is -2.09. The summed E-state index contributed by atoms with van der Waals surface area (Å²) >= 11 is 0. The van der Waals surface area contributed by atoms with Crippen molar-refractivity contribution in [2.45, 2.75) is 13.5 Å². The normalized spacial score (nSPS) is 10.4. The molecule has 0 spiro atoms. The molecule has 0 unspecified atom stereocenters. The summed E-state index contributed by atoms with van der Waals surface area (Å²) < 4.78 is 1.68. The number of carboxylic acid groups (broad SMARTS) is 2. The Balaban J connectivity index is 2.28. The van der Waals surface area contributed by atoms with Gasteiger partial charge in [0.05, 0.1) is 5.56 Å². The van der Waals surface area contributed by atoms with E-state index in [0.717, 1.165) is 11.3 Å². The van der Waals surface area contributed by atoms with E-state index in [4.69, 9.17) is 10.2 Å². The lowest BCUT2D eigenvalue weighted by atomic mass is 10.1. The van der Waals surface area contributed by atoms with Gasteiger partial charge in [0.1, 0.15) is 5.69 Å². The Kier molecular flexibility index (Phi) is 3.37. The number of aryl methyl sites for hydroxylation is 1. The van der Waals surface area contributed by atoms with Crippen molar-refractivity contribution in [2.75, 3.05) is 0 Å². The summed E-state index contributed by atoms with van der Waals surface area (Å²) in [6.45, 7) is 2.23. The first-order valence-electron chi connectivity index (χ1n) is 5.70. The van der Waals surface area contributed by atoms with Gasteiger partial charge in [0, 0.05) is 12.2 Å². The van der Waals surface area contributed by atoms with Gasteiger partial charge in [0.2, 0.25) is 0 Å². The molecule has 98 valence electrons. The predicted molar refractivity (Wildman–Crippen MR) is 68.6 cm³/mol. The van der Waals surface area contributed by atoms with Gasteiger partial charge in [0.25, 0.3) is 0 Å². The van der Waals surface area contributed by atoms with Crippen LogP contribution in [0.5, 0.6) is 0 Å². The van der Waals surface area contributed by atoms with E-state index in [1.54, 1.807) is 28.8 Å². The Hall–Kier alpha value is -2.56. The third kappa shape index (κ3) is 2.65. The van der Waals surface area contributed by atoms with Crippen LogP contribution in [0.4, 0.5) is 0 Å². The molecule has 0 aliphatic heterocycles. The van der Waals surface area contributed by atoms with E-state index in [-0.39, 0.29) is 11.3 Å². The van der Waals surface area contributed by atoms with Crippen LogP contribution in [0, 0.1) is 6.92 Å². The zero-order valence-electron chi connectivity index (χ0n) is 10.3. The summed E-state index contributed by atoms with van der Waals surface area (Å²) in [6, 6.07) is 9.70. The SMILES string of the molecule is Cc1ccc(C(=O)O)n1Cc1ccc(C(=O)O)cc1. The van der Waals surface area contributed by atoms with E-state index in [2.05, 4.69) is 0 Å². The molecule has 0 aliphatic carbocycles. The number of aromatic nitrogens is 1. The maximum absolute atomic E-state index is 11.1. The van der Waals surface area contributed by atoms with Crippen molar-refractivity contribution in [3.05, 3.63) is 58.9 Å². The van der Waals surface area contributed by atoms with Gasteiger partial charge in [-0.2, -0.15) is 0 Å². The van der Waals surface area contributed by atoms with Gasteiger partial charge in [-0.05, 0) is 36.8 Å². The van der Waals surface area contributed by atoms with Crippen LogP contribution in [0.15, 0.2) is 36.4 Å². The van der Waals surface area contributed by atoms with Gasteiger partial charge in [0.15, 0.2) is 0 Å². The van der Waals surface area contributed by atoms with Crippen molar-refractivity contribution in [1.29, 1.82) is 0 Å². The smallest absolute Gasteiger partial charge is 0.352 e. The molecule has 1 aromatic carbocycles. The van der Waals surface area contributed by atoms with Crippen LogP contribution in [0.1, 0.15) is 32.1 Å². The largest absolute Gasteiger partial charge is 0.478 e. The van der Waals surface area contributed by atoms with Crippen LogP contribution in [0.25, 0.3) is 0 Å². The lowest BCUT2D eigenvalue weighted by molar-refractivity contribution is 0.0679. The highest BCUT2D eigenvalue weighted by Gasteiger charge is 2.12. The number of hydrogen-bond donors (Lipinski definition) is 2. The van der Waals surface area contributed by atoms with Crippen LogP contribution in [0.2, 0.25) is 0 Å². The van der Waals surface area contributed by atoms with Crippen LogP contribution < -0.4 is 0 Å². The third-order valence-corrected chi connectivity index (χ3v) is 2.96. The van der Waals surface area contributed by atoms with Gasteiger partial charge >= 0.3 is 11.9 Å². The summed E-state index contributed by atoms with van der Waals surface area (Å²) in [5.41, 5.74) is 2.14. The lowest BCUT2D eigenvalue weighted by Crippen LogP contribution is -2.10. The monoisotopic (exact) mass is 259 g/mol. The molecule has 2 aromatic rings. The molecule has 0 aliphatic rings. The predicted octanol–water partition coefficient (Wildman–Crippen LogP) is 2.24. The quantitative estimate of drug-likeness (QED) is 0.882. The molecule has 0 radical (unpaired) electrons. The Labute approximate surface area is 109 Å². The molecule has 0 amide bonds. The zero-order valence-corrected chi connectivity index (χ0v) is 10.3. The van der Waals surface area contributed by atoms with Crippen LogP contribution in [0.3, 0.4) is 0 Å². The van der Waals surface area contributed by atoms with Crippen molar-refractivity contribution in [2.24, 2.45) is 0 Å². The van der Waals surface area contributed by atoms with Crippen molar-refractivity contribution in [3.8, 4) is 0 Å². The van der Waals surface area contributed by atoms with E-state index >= 15 is 0 Å². The molecule has 2 rings (SSSR count). The minimum Gasteiger partial charge on any atom is -0.478 e. The van der Waals surface area contributed by atoms with Gasteiger partial charge in [-0.25, -0.2) is 9.59 Å². The van der Waals surface area contributed by atoms with Crippen LogP contribution in [-0.2, 0) is 6.54 Å². The Bertz CT molecular complexity index is 625. The van der Waals surface area contributed by atoms with Crippen molar-refractivity contribution < 1.29 is 19.8 Å². The summed E-state index contributed by atoms with van der Waals surface area (Å²) in [7, 11) is 0. The van der Waals surface area contributed by atoms with Gasteiger partial charge in [-0.3, -0.25) is 0 Å². The topological polar surface area (TPSA) is 79.5 Å². The van der Waals surface area contributed by atoms with E-state index in [1.807, 2.05) is 6.92 Å². The maximum atomic E-state index is 11.1. The molecule has 0 fully saturated rings. The molecule has 0 bridgehead atoms. The van der Waals surface area contributed by atoms with Crippen LogP contribution in [-0.4, -0.2) is 26.7 Å². The summed E-state index contributed by atoms with van der Waals surface area (Å²) in [6.07, 6.45) is 0. The fourth-order valence-corrected chi connectivity index (χ4v) is 1.90. The molecule has 2 N–H and O–H groups in total. The molecule has 0 saturated carbocycles. The van der Waals surface area contributed by atoms with Gasteiger partial charge in [-0.1, -0.05) is 12.1 Å². The molecule has 1 aromatic heterocycles. The summed E-state index contributed by atoms with van der Waals surface area (Å²) in [5, 5.41) is 17.9. The van der Waals surface area contributed by atoms with E-state index in [9.17, 15) is 9.59 Å². The molecule has 0 saturated heterocycles. The second-order valence-corrected chi connectivity index (χ2v) is 4.25. The minimum atomic E-state index is -0.977. The molecule has 5 nitrogen and oxygen atoms in total. The molecule has 5 heteroatoms. The number of benzene rings is 1. The van der Waals surface area contributed by atoms with Crippen molar-refractivity contribution >= 4 is 11.9 Å². The molecular weight excluding hydrogens is 246 g/mol. The number of carboxylic acids is 2. The van der Waals surface area contributed by atoms with Gasteiger partial charge < -0.3 is 14.8 Å². The highest BCUT2D eigenvalue weighted by Crippen LogP contribution is 2.13. The highest BCUT2D eigenvalue weighted by molar-refractivity contribution is 5.87. The standard InChI is InChI=1S/C14H13NO4/c1-9-2-7-12(14(18)19)15(9)8-10-3-5-11(6-4-10)13(16)17/h2-7H,8H2,1H3,(H,16,17)(H,18,19). The Morgan fingerprint density at radius 1 is 1.00 bits per heavy atom. The van der Waals surface area contributed by atoms with Crippen molar-refractivity contribution in [1.82, 2.24) is 4.57 Å². The first-order valence-corrected chi connectivity index (χ1v) is 5.70. The fraction of sp³-hybridized carbons (Fsp3) is 0.143. The van der Waals surface area contributed by atoms with Gasteiger partial charge in [-0.15, -0.1) is 0 Å². The molecule has 0 atom stereocenters. The van der Waals surface area contributed by atoms with E-state index < -0.39 is 11.9 Å². The van der Waals surface area contributed by atoms with E-state index in [0.29, 0.717) is 6.54 Å². The second-order valence-electron chi connectivity index (χ2n) is 4.25. The average Bonchev–Trinajstić information content (AvgIpc) is 2.72. The summed E-state index contributed by atoms with van der Waals surface area (Å²) in [4.78, 5) is 21.8. The Morgan fingerprint density at radius 3 is 2.16 bits per heavy atom. The van der Waals surface area contributed by atoms with Crippen molar-refractivity contribution in [3.63, 3.8) is 0 Å². The number of rotatable bonds is 4. The summed E-state index contributed by atoms with van der Waals surface area (Å²) in [5.74, 6) is -1.95.